The zero-order chi connectivity index (χ0) is 21.2. The Balaban J connectivity index is 1.22. The third-order valence-corrected chi connectivity index (χ3v) is 7.85. The number of amides is 2. The molecule has 2 amide bonds. The number of ether oxygens (including phenoxy) is 1. The van der Waals surface area contributed by atoms with Gasteiger partial charge in [0.1, 0.15) is 11.5 Å². The summed E-state index contributed by atoms with van der Waals surface area (Å²) in [4.78, 5) is 27.8. The zero-order valence-electron chi connectivity index (χ0n) is 17.6. The molecule has 0 bridgehead atoms. The van der Waals surface area contributed by atoms with Gasteiger partial charge < -0.3 is 15.4 Å². The van der Waals surface area contributed by atoms with E-state index in [0.717, 1.165) is 44.4 Å². The Bertz CT molecular complexity index is 842. The number of nitrogens with zero attached hydrogens (tertiary/aromatic N) is 1. The summed E-state index contributed by atoms with van der Waals surface area (Å²) in [6.45, 7) is 2.90. The number of thioether (sulfide) groups is 1. The Morgan fingerprint density at radius 3 is 2.90 bits per heavy atom. The molecule has 4 aliphatic heterocycles. The van der Waals surface area contributed by atoms with E-state index in [-0.39, 0.29) is 41.4 Å². The van der Waals surface area contributed by atoms with Gasteiger partial charge in [0.15, 0.2) is 0 Å². The summed E-state index contributed by atoms with van der Waals surface area (Å²) in [6.07, 6.45) is 3.82. The van der Waals surface area contributed by atoms with E-state index < -0.39 is 0 Å². The summed E-state index contributed by atoms with van der Waals surface area (Å²) in [5, 5.41) is 11.8. The van der Waals surface area contributed by atoms with Gasteiger partial charge in [-0.05, 0) is 42.2 Å². The predicted octanol–water partition coefficient (Wildman–Crippen LogP) is 1.52. The van der Waals surface area contributed by atoms with Gasteiger partial charge in [0, 0.05) is 26.2 Å². The van der Waals surface area contributed by atoms with E-state index in [1.54, 1.807) is 11.8 Å². The quantitative estimate of drug-likeness (QED) is 0.642. The summed E-state index contributed by atoms with van der Waals surface area (Å²) in [5.41, 5.74) is 2.31. The fourth-order valence-corrected chi connectivity index (χ4v) is 6.12. The highest BCUT2D eigenvalue weighted by molar-refractivity contribution is 8.04. The van der Waals surface area contributed by atoms with Gasteiger partial charge >= 0.3 is 0 Å². The molecule has 1 aromatic rings. The molecule has 3 fully saturated rings. The molecule has 0 aromatic heterocycles. The lowest BCUT2D eigenvalue weighted by Crippen LogP contribution is -2.69. The number of piperidine rings is 1. The highest BCUT2D eigenvalue weighted by Gasteiger charge is 2.44. The van der Waals surface area contributed by atoms with Gasteiger partial charge in [-0.1, -0.05) is 30.3 Å². The number of benzene rings is 1. The van der Waals surface area contributed by atoms with Crippen LogP contribution in [0.3, 0.4) is 0 Å². The Morgan fingerprint density at radius 2 is 2.10 bits per heavy atom. The summed E-state index contributed by atoms with van der Waals surface area (Å²) >= 11 is 1.58. The van der Waals surface area contributed by atoms with Crippen molar-refractivity contribution < 1.29 is 14.3 Å². The molecular formula is C23H30N4O3S. The molecule has 1 aromatic carbocycles. The molecule has 5 unspecified atom stereocenters. The minimum Gasteiger partial charge on any atom is -0.376 e. The summed E-state index contributed by atoms with van der Waals surface area (Å²) in [6, 6.07) is 10.2. The average molecular weight is 443 g/mol. The van der Waals surface area contributed by atoms with Crippen LogP contribution in [0.25, 0.3) is 5.57 Å². The monoisotopic (exact) mass is 442 g/mol. The van der Waals surface area contributed by atoms with Gasteiger partial charge in [0.05, 0.1) is 18.1 Å². The van der Waals surface area contributed by atoms with Gasteiger partial charge in [-0.25, -0.2) is 0 Å². The molecule has 166 valence electrons. The van der Waals surface area contributed by atoms with Crippen LogP contribution in [-0.4, -0.2) is 66.6 Å². The lowest BCUT2D eigenvalue weighted by Gasteiger charge is -2.43. The summed E-state index contributed by atoms with van der Waals surface area (Å²) in [5.74, 6) is 0.0982. The molecule has 3 N–H and O–H groups in total. The first-order valence-corrected chi connectivity index (χ1v) is 12.2. The fraction of sp³-hybridized carbons (Fsp3) is 0.565. The van der Waals surface area contributed by atoms with Crippen molar-refractivity contribution in [2.75, 3.05) is 26.2 Å². The number of hydrogen-bond acceptors (Lipinski definition) is 6. The standard InChI is InChI=1S/C23H30N4O3S/c28-21(24-12-17-9-5-11-30-17)16-8-4-10-27(13-16)23-25-19-18(15-6-2-1-3-7-15)14-31-20(19)22(29)26-23/h1-3,6-7,14,16-17,19-20,23,25H,4-5,8-13H2,(H,24,28)(H,26,29). The molecule has 3 saturated heterocycles. The summed E-state index contributed by atoms with van der Waals surface area (Å²) in [7, 11) is 0. The van der Waals surface area contributed by atoms with Crippen LogP contribution in [-0.2, 0) is 14.3 Å². The lowest BCUT2D eigenvalue weighted by atomic mass is 9.94. The minimum atomic E-state index is -0.256. The summed E-state index contributed by atoms with van der Waals surface area (Å²) < 4.78 is 5.62. The second-order valence-corrected chi connectivity index (χ2v) is 9.78. The maximum atomic E-state index is 12.8. The molecule has 0 aliphatic carbocycles. The number of nitrogens with one attached hydrogen (secondary N) is 3. The first kappa shape index (κ1) is 21.0. The maximum absolute atomic E-state index is 12.8. The van der Waals surface area contributed by atoms with Gasteiger partial charge in [-0.15, -0.1) is 11.8 Å². The van der Waals surface area contributed by atoms with Crippen LogP contribution in [0.15, 0.2) is 35.7 Å². The van der Waals surface area contributed by atoms with Crippen molar-refractivity contribution >= 4 is 29.1 Å². The topological polar surface area (TPSA) is 82.7 Å². The smallest absolute Gasteiger partial charge is 0.237 e. The average Bonchev–Trinajstić information content (AvgIpc) is 3.48. The van der Waals surface area contributed by atoms with Gasteiger partial charge in [-0.2, -0.15) is 0 Å². The Kier molecular flexibility index (Phi) is 6.31. The second-order valence-electron chi connectivity index (χ2n) is 8.77. The Labute approximate surface area is 187 Å². The number of carbonyl (C=O) groups is 2. The van der Waals surface area contributed by atoms with E-state index in [0.29, 0.717) is 13.1 Å². The third kappa shape index (κ3) is 4.53. The number of carbonyl (C=O) groups excluding carboxylic acids is 2. The van der Waals surface area contributed by atoms with Crippen LogP contribution < -0.4 is 16.0 Å². The maximum Gasteiger partial charge on any atom is 0.237 e. The molecule has 7 nitrogen and oxygen atoms in total. The van der Waals surface area contributed by atoms with Crippen molar-refractivity contribution in [1.82, 2.24) is 20.9 Å². The molecular weight excluding hydrogens is 412 g/mol. The zero-order valence-corrected chi connectivity index (χ0v) is 18.4. The van der Waals surface area contributed by atoms with Crippen molar-refractivity contribution in [2.24, 2.45) is 5.92 Å². The Morgan fingerprint density at radius 1 is 1.23 bits per heavy atom. The number of rotatable bonds is 5. The molecule has 4 aliphatic rings. The normalized spacial score (nSPS) is 33.5. The lowest BCUT2D eigenvalue weighted by molar-refractivity contribution is -0.129. The second kappa shape index (κ2) is 9.32. The highest BCUT2D eigenvalue weighted by atomic mass is 32.2. The van der Waals surface area contributed by atoms with Crippen molar-refractivity contribution in [3.63, 3.8) is 0 Å². The van der Waals surface area contributed by atoms with E-state index in [1.807, 2.05) is 18.2 Å². The van der Waals surface area contributed by atoms with E-state index in [9.17, 15) is 9.59 Å². The number of likely N-dealkylation sites (tertiary alicyclic amines) is 1. The molecule has 0 saturated carbocycles. The first-order valence-electron chi connectivity index (χ1n) is 11.3. The van der Waals surface area contributed by atoms with Crippen LogP contribution in [0.5, 0.6) is 0 Å². The number of hydrogen-bond donors (Lipinski definition) is 3. The van der Waals surface area contributed by atoms with Crippen molar-refractivity contribution in [2.45, 2.75) is 49.4 Å². The van der Waals surface area contributed by atoms with E-state index in [4.69, 9.17) is 4.74 Å². The van der Waals surface area contributed by atoms with E-state index in [2.05, 4.69) is 38.4 Å². The largest absolute Gasteiger partial charge is 0.376 e. The third-order valence-electron chi connectivity index (χ3n) is 6.68. The van der Waals surface area contributed by atoms with Crippen LogP contribution in [0, 0.1) is 5.92 Å². The SMILES string of the molecule is O=C(NCC1CCCO1)C1CCCN(C2NC(=O)C3SC=C(c4ccccc4)C3N2)C1. The van der Waals surface area contributed by atoms with E-state index >= 15 is 0 Å². The van der Waals surface area contributed by atoms with Crippen molar-refractivity contribution in [1.29, 1.82) is 0 Å². The molecule has 31 heavy (non-hydrogen) atoms. The first-order chi connectivity index (χ1) is 15.2. The van der Waals surface area contributed by atoms with Gasteiger partial charge in [-0.3, -0.25) is 19.8 Å². The molecule has 4 heterocycles. The molecule has 0 radical (unpaired) electrons. The minimum absolute atomic E-state index is 0.0279. The fourth-order valence-electron chi connectivity index (χ4n) is 4.97. The van der Waals surface area contributed by atoms with E-state index in [1.165, 1.54) is 5.57 Å². The Hall–Kier alpha value is -1.87. The molecule has 5 atom stereocenters. The van der Waals surface area contributed by atoms with Gasteiger partial charge in [0.2, 0.25) is 11.8 Å². The molecule has 8 heteroatoms. The van der Waals surface area contributed by atoms with Crippen molar-refractivity contribution in [3.8, 4) is 0 Å². The van der Waals surface area contributed by atoms with Crippen LogP contribution in [0.1, 0.15) is 31.2 Å². The molecule has 5 rings (SSSR count). The highest BCUT2D eigenvalue weighted by Crippen LogP contribution is 2.38. The van der Waals surface area contributed by atoms with Crippen LogP contribution >= 0.6 is 11.8 Å². The van der Waals surface area contributed by atoms with Crippen LogP contribution in [0.4, 0.5) is 0 Å². The van der Waals surface area contributed by atoms with Crippen molar-refractivity contribution in [3.05, 3.63) is 41.3 Å². The van der Waals surface area contributed by atoms with Gasteiger partial charge in [0.25, 0.3) is 0 Å². The van der Waals surface area contributed by atoms with Crippen LogP contribution in [0.2, 0.25) is 0 Å². The molecule has 0 spiro atoms. The number of fused-ring (bicyclic) bond motifs is 1. The predicted molar refractivity (Wildman–Crippen MR) is 121 cm³/mol.